The second-order valence-corrected chi connectivity index (χ2v) is 8.74. The van der Waals surface area contributed by atoms with Crippen LogP contribution in [0.2, 0.25) is 0 Å². The Morgan fingerprint density at radius 3 is 2.20 bits per heavy atom. The van der Waals surface area contributed by atoms with E-state index >= 15 is 0 Å². The summed E-state index contributed by atoms with van der Waals surface area (Å²) >= 11 is 0. The topological polar surface area (TPSA) is 94.2 Å². The van der Waals surface area contributed by atoms with Crippen LogP contribution in [0.15, 0.2) is 36.4 Å². The summed E-state index contributed by atoms with van der Waals surface area (Å²) in [5.74, 6) is 1.11. The lowest BCUT2D eigenvalue weighted by Crippen LogP contribution is -2.41. The van der Waals surface area contributed by atoms with Gasteiger partial charge in [-0.3, -0.25) is 9.10 Å². The van der Waals surface area contributed by atoms with Gasteiger partial charge in [-0.25, -0.2) is 8.42 Å². The second-order valence-electron chi connectivity index (χ2n) is 6.83. The molecule has 0 saturated carbocycles. The number of hydrogen-bond acceptors (Lipinski definition) is 6. The van der Waals surface area contributed by atoms with Crippen LogP contribution in [0.4, 0.5) is 5.69 Å². The van der Waals surface area contributed by atoms with Gasteiger partial charge in [-0.2, -0.15) is 0 Å². The molecule has 0 aromatic heterocycles. The molecule has 2 aromatic rings. The Morgan fingerprint density at radius 1 is 1.00 bits per heavy atom. The minimum absolute atomic E-state index is 0.245. The maximum atomic E-state index is 12.3. The predicted molar refractivity (Wildman–Crippen MR) is 116 cm³/mol. The molecule has 164 valence electrons. The van der Waals surface area contributed by atoms with Crippen LogP contribution >= 0.6 is 0 Å². The van der Waals surface area contributed by atoms with E-state index in [0.717, 1.165) is 27.4 Å². The van der Waals surface area contributed by atoms with Crippen LogP contribution in [0.5, 0.6) is 17.2 Å². The molecule has 0 aliphatic rings. The minimum atomic E-state index is -3.70. The van der Waals surface area contributed by atoms with Gasteiger partial charge in [0.2, 0.25) is 15.9 Å². The molecule has 9 heteroatoms. The zero-order chi connectivity index (χ0) is 22.3. The molecule has 2 aromatic carbocycles. The first kappa shape index (κ1) is 23.3. The van der Waals surface area contributed by atoms with E-state index < -0.39 is 15.9 Å². The van der Waals surface area contributed by atoms with Crippen LogP contribution in [0.25, 0.3) is 0 Å². The molecule has 0 aliphatic heterocycles. The highest BCUT2D eigenvalue weighted by Gasteiger charge is 2.22. The van der Waals surface area contributed by atoms with E-state index in [2.05, 4.69) is 5.32 Å². The molecule has 0 heterocycles. The van der Waals surface area contributed by atoms with Crippen LogP contribution in [0.1, 0.15) is 11.1 Å². The highest BCUT2D eigenvalue weighted by Crippen LogP contribution is 2.32. The van der Waals surface area contributed by atoms with Gasteiger partial charge in [0.1, 0.15) is 18.9 Å². The normalized spacial score (nSPS) is 11.0. The van der Waals surface area contributed by atoms with E-state index in [-0.39, 0.29) is 19.7 Å². The molecule has 0 radical (unpaired) electrons. The van der Waals surface area contributed by atoms with Crippen molar-refractivity contribution in [3.8, 4) is 17.2 Å². The molecule has 0 saturated heterocycles. The largest absolute Gasteiger partial charge is 0.493 e. The molecular formula is C21H28N2O6S. The van der Waals surface area contributed by atoms with Crippen LogP contribution in [-0.2, 0) is 14.8 Å². The number of ether oxygens (including phenoxy) is 3. The molecule has 2 rings (SSSR count). The summed E-state index contributed by atoms with van der Waals surface area (Å²) in [4.78, 5) is 12.3. The fourth-order valence-corrected chi connectivity index (χ4v) is 3.79. The third-order valence-electron chi connectivity index (χ3n) is 4.23. The molecule has 1 amide bonds. The summed E-state index contributed by atoms with van der Waals surface area (Å²) in [7, 11) is -0.757. The summed E-state index contributed by atoms with van der Waals surface area (Å²) in [5.41, 5.74) is 2.48. The van der Waals surface area contributed by atoms with Gasteiger partial charge in [-0.15, -0.1) is 0 Å². The zero-order valence-corrected chi connectivity index (χ0v) is 18.7. The lowest BCUT2D eigenvalue weighted by Gasteiger charge is -2.23. The summed E-state index contributed by atoms with van der Waals surface area (Å²) in [6.45, 7) is 4.11. The van der Waals surface area contributed by atoms with Gasteiger partial charge in [0, 0.05) is 6.07 Å². The average molecular weight is 437 g/mol. The lowest BCUT2D eigenvalue weighted by atomic mass is 10.1. The van der Waals surface area contributed by atoms with Crippen LogP contribution < -0.4 is 23.8 Å². The number of anilines is 1. The molecular weight excluding hydrogens is 408 g/mol. The number of carbonyl (C=O) groups is 1. The molecule has 0 fully saturated rings. The van der Waals surface area contributed by atoms with Gasteiger partial charge in [0.25, 0.3) is 0 Å². The van der Waals surface area contributed by atoms with Crippen molar-refractivity contribution in [1.29, 1.82) is 0 Å². The maximum absolute atomic E-state index is 12.3. The highest BCUT2D eigenvalue weighted by atomic mass is 32.2. The molecule has 0 atom stereocenters. The van der Waals surface area contributed by atoms with Crippen LogP contribution in [0.3, 0.4) is 0 Å². The quantitative estimate of drug-likeness (QED) is 0.575. The summed E-state index contributed by atoms with van der Waals surface area (Å²) in [6, 6.07) is 10.5. The van der Waals surface area contributed by atoms with Gasteiger partial charge < -0.3 is 19.5 Å². The van der Waals surface area contributed by atoms with E-state index in [1.807, 2.05) is 32.0 Å². The van der Waals surface area contributed by atoms with Crippen LogP contribution in [-0.4, -0.2) is 54.5 Å². The molecule has 0 bridgehead atoms. The Labute approximate surface area is 177 Å². The Morgan fingerprint density at radius 2 is 1.63 bits per heavy atom. The van der Waals surface area contributed by atoms with Crippen molar-refractivity contribution in [1.82, 2.24) is 5.32 Å². The van der Waals surface area contributed by atoms with Gasteiger partial charge in [0.15, 0.2) is 11.5 Å². The first-order valence-electron chi connectivity index (χ1n) is 9.31. The number of nitrogens with zero attached hydrogens (tertiary/aromatic N) is 1. The third kappa shape index (κ3) is 6.55. The maximum Gasteiger partial charge on any atom is 0.240 e. The summed E-state index contributed by atoms with van der Waals surface area (Å²) in [6.07, 6.45) is 1.04. The molecule has 8 nitrogen and oxygen atoms in total. The van der Waals surface area contributed by atoms with Crippen molar-refractivity contribution in [3.63, 3.8) is 0 Å². The van der Waals surface area contributed by atoms with Crippen molar-refractivity contribution in [2.24, 2.45) is 0 Å². The van der Waals surface area contributed by atoms with Crippen LogP contribution in [0, 0.1) is 13.8 Å². The van der Waals surface area contributed by atoms with Gasteiger partial charge in [0.05, 0.1) is 32.7 Å². The highest BCUT2D eigenvalue weighted by molar-refractivity contribution is 7.92. The Balaban J connectivity index is 1.99. The number of nitrogens with one attached hydrogen (secondary N) is 1. The van der Waals surface area contributed by atoms with Crippen molar-refractivity contribution in [3.05, 3.63) is 47.5 Å². The number of rotatable bonds is 10. The van der Waals surface area contributed by atoms with E-state index in [9.17, 15) is 13.2 Å². The van der Waals surface area contributed by atoms with Crippen molar-refractivity contribution >= 4 is 21.6 Å². The van der Waals surface area contributed by atoms with E-state index in [1.54, 1.807) is 12.1 Å². The number of methoxy groups -OCH3 is 2. The molecule has 30 heavy (non-hydrogen) atoms. The van der Waals surface area contributed by atoms with E-state index in [4.69, 9.17) is 14.2 Å². The van der Waals surface area contributed by atoms with Gasteiger partial charge in [-0.05, 0) is 49.2 Å². The number of benzene rings is 2. The smallest absolute Gasteiger partial charge is 0.240 e. The predicted octanol–water partition coefficient (Wildman–Crippen LogP) is 2.28. The third-order valence-corrected chi connectivity index (χ3v) is 5.37. The Kier molecular flexibility index (Phi) is 7.93. The standard InChI is InChI=1S/C21H28N2O6S/c1-15-10-16(2)12-18(11-15)29-9-8-22-21(24)14-23(30(5,25)26)17-6-7-19(27-3)20(13-17)28-4/h6-7,10-13H,8-9,14H2,1-5H3,(H,22,24). The second kappa shape index (κ2) is 10.2. The Bertz CT molecular complexity index is 971. The lowest BCUT2D eigenvalue weighted by molar-refractivity contribution is -0.119. The number of sulfonamides is 1. The Hall–Kier alpha value is -2.94. The molecule has 0 spiro atoms. The molecule has 1 N–H and O–H groups in total. The first-order chi connectivity index (χ1) is 14.1. The van der Waals surface area contributed by atoms with Crippen molar-refractivity contribution in [2.45, 2.75) is 13.8 Å². The van der Waals surface area contributed by atoms with Crippen molar-refractivity contribution in [2.75, 3.05) is 44.5 Å². The average Bonchev–Trinajstić information content (AvgIpc) is 2.67. The number of aryl methyl sites for hydroxylation is 2. The van der Waals surface area contributed by atoms with E-state index in [1.165, 1.54) is 20.3 Å². The van der Waals surface area contributed by atoms with E-state index in [0.29, 0.717) is 17.2 Å². The molecule has 0 aliphatic carbocycles. The number of carbonyl (C=O) groups excluding carboxylic acids is 1. The minimum Gasteiger partial charge on any atom is -0.493 e. The number of amides is 1. The fraction of sp³-hybridized carbons (Fsp3) is 0.381. The summed E-state index contributed by atoms with van der Waals surface area (Å²) < 4.78 is 41.5. The molecule has 0 unspecified atom stereocenters. The van der Waals surface area contributed by atoms with Crippen molar-refractivity contribution < 1.29 is 27.4 Å². The first-order valence-corrected chi connectivity index (χ1v) is 11.2. The van der Waals surface area contributed by atoms with Gasteiger partial charge >= 0.3 is 0 Å². The van der Waals surface area contributed by atoms with Gasteiger partial charge in [-0.1, -0.05) is 6.07 Å². The zero-order valence-electron chi connectivity index (χ0n) is 17.9. The fourth-order valence-electron chi connectivity index (χ4n) is 2.94. The summed E-state index contributed by atoms with van der Waals surface area (Å²) in [5, 5.41) is 2.68. The number of hydrogen-bond donors (Lipinski definition) is 1. The monoisotopic (exact) mass is 436 g/mol. The SMILES string of the molecule is COc1ccc(N(CC(=O)NCCOc2cc(C)cc(C)c2)S(C)(=O)=O)cc1OC.